The van der Waals surface area contributed by atoms with Crippen molar-refractivity contribution in [2.45, 2.75) is 11.0 Å². The lowest BCUT2D eigenvalue weighted by molar-refractivity contribution is -0.129. The zero-order valence-corrected chi connectivity index (χ0v) is 8.66. The van der Waals surface area contributed by atoms with E-state index >= 15 is 0 Å². The van der Waals surface area contributed by atoms with Crippen LogP contribution in [0, 0.1) is 0 Å². The van der Waals surface area contributed by atoms with Crippen molar-refractivity contribution >= 4 is 28.5 Å². The van der Waals surface area contributed by atoms with Crippen LogP contribution in [0.5, 0.6) is 0 Å². The molecule has 4 heteroatoms. The molecule has 1 aliphatic heterocycles. The van der Waals surface area contributed by atoms with Crippen molar-refractivity contribution in [1.82, 2.24) is 4.90 Å². The number of methoxy groups -OCH3 is 1. The first-order valence-electron chi connectivity index (χ1n) is 3.29. The second-order valence-electron chi connectivity index (χ2n) is 2.42. The maximum absolute atomic E-state index is 11.3. The summed E-state index contributed by atoms with van der Waals surface area (Å²) in [6, 6.07) is 0. The second-order valence-corrected chi connectivity index (χ2v) is 3.69. The number of rotatable bonds is 2. The summed E-state index contributed by atoms with van der Waals surface area (Å²) in [6.07, 6.45) is 1.93. The van der Waals surface area contributed by atoms with E-state index in [0.717, 1.165) is 5.57 Å². The van der Waals surface area contributed by atoms with Gasteiger partial charge in [0.25, 0.3) is 5.91 Å². The molecule has 0 aromatic carbocycles. The Morgan fingerprint density at radius 2 is 2.45 bits per heavy atom. The first-order valence-corrected chi connectivity index (χ1v) is 4.53. The van der Waals surface area contributed by atoms with E-state index in [0.29, 0.717) is 6.73 Å². The van der Waals surface area contributed by atoms with Crippen molar-refractivity contribution in [3.8, 4) is 0 Å². The van der Waals surface area contributed by atoms with Crippen LogP contribution in [0.1, 0.15) is 6.92 Å². The summed E-state index contributed by atoms with van der Waals surface area (Å²) in [5, 5.41) is 0. The fraction of sp³-hybridized carbons (Fsp3) is 0.571. The molecule has 0 aliphatic carbocycles. The molecule has 0 spiro atoms. The lowest BCUT2D eigenvalue weighted by Crippen LogP contribution is -2.32. The topological polar surface area (TPSA) is 29.5 Å². The molecule has 0 radical (unpaired) electrons. The van der Waals surface area contributed by atoms with Crippen LogP contribution in [0.25, 0.3) is 0 Å². The minimum atomic E-state index is 0.0752. The number of carbonyl (C=O) groups is 1. The zero-order valence-electron chi connectivity index (χ0n) is 6.50. The summed E-state index contributed by atoms with van der Waals surface area (Å²) < 4.78 is 5.03. The Balaban J connectivity index is 2.64. The van der Waals surface area contributed by atoms with Gasteiger partial charge in [-0.3, -0.25) is 4.79 Å². The van der Waals surface area contributed by atoms with Gasteiger partial charge in [-0.1, -0.05) is 22.6 Å². The van der Waals surface area contributed by atoms with Crippen LogP contribution in [0.15, 0.2) is 11.6 Å². The smallest absolute Gasteiger partial charge is 0.252 e. The Bertz CT molecular complexity index is 203. The summed E-state index contributed by atoms with van der Waals surface area (Å²) >= 11 is 2.20. The molecule has 11 heavy (non-hydrogen) atoms. The number of hydrogen-bond acceptors (Lipinski definition) is 2. The number of ether oxygens (including phenoxy) is 1. The molecule has 1 unspecified atom stereocenters. The highest BCUT2D eigenvalue weighted by Crippen LogP contribution is 2.21. The van der Waals surface area contributed by atoms with Gasteiger partial charge >= 0.3 is 0 Å². The Labute approximate surface area is 79.5 Å². The third-order valence-corrected chi connectivity index (χ3v) is 2.58. The van der Waals surface area contributed by atoms with Gasteiger partial charge in [-0.25, -0.2) is 0 Å². The molecular weight excluding hydrogens is 257 g/mol. The van der Waals surface area contributed by atoms with Crippen molar-refractivity contribution in [1.29, 1.82) is 0 Å². The van der Waals surface area contributed by atoms with E-state index < -0.39 is 0 Å². The highest BCUT2D eigenvalue weighted by atomic mass is 127. The molecule has 0 aromatic rings. The molecule has 1 heterocycles. The fourth-order valence-corrected chi connectivity index (χ4v) is 1.93. The van der Waals surface area contributed by atoms with Gasteiger partial charge in [0.1, 0.15) is 10.8 Å². The van der Waals surface area contributed by atoms with Crippen LogP contribution < -0.4 is 0 Å². The Hall–Kier alpha value is -0.100. The van der Waals surface area contributed by atoms with Crippen LogP contribution in [-0.4, -0.2) is 28.7 Å². The van der Waals surface area contributed by atoms with Gasteiger partial charge in [0, 0.05) is 12.7 Å². The van der Waals surface area contributed by atoms with Gasteiger partial charge in [0.2, 0.25) is 0 Å². The van der Waals surface area contributed by atoms with Gasteiger partial charge in [-0.15, -0.1) is 0 Å². The van der Waals surface area contributed by atoms with Crippen molar-refractivity contribution in [3.63, 3.8) is 0 Å². The van der Waals surface area contributed by atoms with Gasteiger partial charge in [0.15, 0.2) is 0 Å². The number of amides is 1. The number of nitrogens with zero attached hydrogens (tertiary/aromatic N) is 1. The molecule has 1 aliphatic rings. The second kappa shape index (κ2) is 3.53. The Kier molecular flexibility index (Phi) is 2.89. The maximum atomic E-state index is 11.3. The Morgan fingerprint density at radius 3 is 2.82 bits per heavy atom. The standard InChI is InChI=1S/C7H10INO2/c1-5-3-6(8)9(4-11-2)7(5)10/h3,6H,4H2,1-2H3. The van der Waals surface area contributed by atoms with Gasteiger partial charge in [0.05, 0.1) is 0 Å². The number of halogens is 1. The van der Waals surface area contributed by atoms with E-state index in [1.165, 1.54) is 0 Å². The van der Waals surface area contributed by atoms with Crippen LogP contribution in [0.3, 0.4) is 0 Å². The average Bonchev–Trinajstić information content (AvgIpc) is 2.17. The van der Waals surface area contributed by atoms with Crippen molar-refractivity contribution in [3.05, 3.63) is 11.6 Å². The number of carbonyl (C=O) groups excluding carboxylic acids is 1. The molecule has 0 saturated carbocycles. The molecule has 1 atom stereocenters. The maximum Gasteiger partial charge on any atom is 0.252 e. The predicted octanol–water partition coefficient (Wildman–Crippen LogP) is 1.14. The van der Waals surface area contributed by atoms with Gasteiger partial charge in [-0.05, 0) is 13.0 Å². The molecule has 62 valence electrons. The highest BCUT2D eigenvalue weighted by molar-refractivity contribution is 14.1. The molecule has 0 N–H and O–H groups in total. The Morgan fingerprint density at radius 1 is 1.82 bits per heavy atom. The predicted molar refractivity (Wildman–Crippen MR) is 50.3 cm³/mol. The van der Waals surface area contributed by atoms with Gasteiger partial charge < -0.3 is 9.64 Å². The summed E-state index contributed by atoms with van der Waals surface area (Å²) in [6.45, 7) is 2.20. The van der Waals surface area contributed by atoms with Crippen LogP contribution in [0.2, 0.25) is 0 Å². The largest absolute Gasteiger partial charge is 0.364 e. The van der Waals surface area contributed by atoms with E-state index in [4.69, 9.17) is 4.74 Å². The molecule has 0 fully saturated rings. The van der Waals surface area contributed by atoms with E-state index in [2.05, 4.69) is 22.6 Å². The molecule has 0 aromatic heterocycles. The highest BCUT2D eigenvalue weighted by Gasteiger charge is 2.27. The van der Waals surface area contributed by atoms with E-state index in [1.54, 1.807) is 12.0 Å². The fourth-order valence-electron chi connectivity index (χ4n) is 0.975. The SMILES string of the molecule is COCN1C(=O)C(C)=CC1I. The minimum absolute atomic E-state index is 0.0752. The van der Waals surface area contributed by atoms with Crippen molar-refractivity contribution in [2.24, 2.45) is 0 Å². The monoisotopic (exact) mass is 267 g/mol. The summed E-state index contributed by atoms with van der Waals surface area (Å²) in [4.78, 5) is 13.0. The lowest BCUT2D eigenvalue weighted by atomic mass is 10.3. The lowest BCUT2D eigenvalue weighted by Gasteiger charge is -2.18. The number of alkyl halides is 1. The normalized spacial score (nSPS) is 24.3. The molecule has 0 bridgehead atoms. The summed E-state index contributed by atoms with van der Waals surface area (Å²) in [5.74, 6) is 0.0752. The molecular formula is C7H10INO2. The molecule has 0 saturated heterocycles. The van der Waals surface area contributed by atoms with Crippen LogP contribution >= 0.6 is 22.6 Å². The third kappa shape index (κ3) is 1.73. The summed E-state index contributed by atoms with van der Waals surface area (Å²) in [7, 11) is 1.59. The van der Waals surface area contributed by atoms with E-state index in [1.807, 2.05) is 13.0 Å². The quantitative estimate of drug-likeness (QED) is 0.426. The van der Waals surface area contributed by atoms with Crippen molar-refractivity contribution < 1.29 is 9.53 Å². The first kappa shape index (κ1) is 8.99. The van der Waals surface area contributed by atoms with E-state index in [9.17, 15) is 4.79 Å². The number of hydrogen-bond donors (Lipinski definition) is 0. The molecule has 1 amide bonds. The van der Waals surface area contributed by atoms with Crippen molar-refractivity contribution in [2.75, 3.05) is 13.8 Å². The minimum Gasteiger partial charge on any atom is -0.364 e. The third-order valence-electron chi connectivity index (χ3n) is 1.55. The molecule has 1 rings (SSSR count). The summed E-state index contributed by atoms with van der Waals surface area (Å²) in [5.41, 5.74) is 0.807. The van der Waals surface area contributed by atoms with E-state index in [-0.39, 0.29) is 9.96 Å². The van der Waals surface area contributed by atoms with Crippen LogP contribution in [-0.2, 0) is 9.53 Å². The van der Waals surface area contributed by atoms with Crippen LogP contribution in [0.4, 0.5) is 0 Å². The first-order chi connectivity index (χ1) is 5.16. The van der Waals surface area contributed by atoms with Gasteiger partial charge in [-0.2, -0.15) is 0 Å². The molecule has 3 nitrogen and oxygen atoms in total. The average molecular weight is 267 g/mol. The zero-order chi connectivity index (χ0) is 8.43.